The molecule has 5 nitrogen and oxygen atoms in total. The molecule has 1 saturated heterocycles. The Balaban J connectivity index is 1.51. The quantitative estimate of drug-likeness (QED) is 0.663. The molecular formula is C22H27N3O2S. The fraction of sp³-hybridized carbons (Fsp3) is 0.500. The number of fused-ring (bicyclic) bond motifs is 3. The van der Waals surface area contributed by atoms with Gasteiger partial charge in [0.15, 0.2) is 0 Å². The van der Waals surface area contributed by atoms with Crippen molar-refractivity contribution in [2.45, 2.75) is 46.6 Å². The first kappa shape index (κ1) is 19.1. The summed E-state index contributed by atoms with van der Waals surface area (Å²) in [6, 6.07) is 8.00. The van der Waals surface area contributed by atoms with Gasteiger partial charge in [-0.3, -0.25) is 9.59 Å². The van der Waals surface area contributed by atoms with Gasteiger partial charge in [0.05, 0.1) is 15.8 Å². The third-order valence-corrected chi connectivity index (χ3v) is 6.90. The molecule has 28 heavy (non-hydrogen) atoms. The minimum Gasteiger partial charge on any atom is -0.342 e. The standard InChI is InChI=1S/C22H27N3O2S/c1-14-11-15(2)13-24(12-14)19(26)9-6-10-25-22(27)20-17-7-4-5-8-18(17)28-21(20)16(3)23-25/h4-5,7-8,14-15H,6,9-13H2,1-3H3. The first-order valence-electron chi connectivity index (χ1n) is 10.1. The predicted molar refractivity (Wildman–Crippen MR) is 115 cm³/mol. The van der Waals surface area contributed by atoms with Gasteiger partial charge in [0.2, 0.25) is 5.91 Å². The van der Waals surface area contributed by atoms with Crippen molar-refractivity contribution in [3.63, 3.8) is 0 Å². The lowest BCUT2D eigenvalue weighted by atomic mass is 9.91. The van der Waals surface area contributed by atoms with Crippen LogP contribution >= 0.6 is 11.3 Å². The number of aromatic nitrogens is 2. The lowest BCUT2D eigenvalue weighted by molar-refractivity contribution is -0.134. The maximum absolute atomic E-state index is 13.0. The molecule has 0 saturated carbocycles. The van der Waals surface area contributed by atoms with E-state index in [4.69, 9.17) is 0 Å². The van der Waals surface area contributed by atoms with E-state index < -0.39 is 0 Å². The van der Waals surface area contributed by atoms with Crippen LogP contribution in [0.3, 0.4) is 0 Å². The Morgan fingerprint density at radius 3 is 2.68 bits per heavy atom. The van der Waals surface area contributed by atoms with Crippen LogP contribution in [0.5, 0.6) is 0 Å². The van der Waals surface area contributed by atoms with Crippen molar-refractivity contribution in [1.29, 1.82) is 0 Å². The highest BCUT2D eigenvalue weighted by molar-refractivity contribution is 7.26. The van der Waals surface area contributed by atoms with Gasteiger partial charge in [0.1, 0.15) is 0 Å². The lowest BCUT2D eigenvalue weighted by Gasteiger charge is -2.35. The molecule has 1 aliphatic rings. The zero-order chi connectivity index (χ0) is 19.8. The number of amides is 1. The molecule has 0 bridgehead atoms. The summed E-state index contributed by atoms with van der Waals surface area (Å²) in [5, 5.41) is 6.28. The Kier molecular flexibility index (Phi) is 5.23. The van der Waals surface area contributed by atoms with Crippen LogP contribution in [-0.2, 0) is 11.3 Å². The van der Waals surface area contributed by atoms with E-state index in [9.17, 15) is 9.59 Å². The molecule has 0 N–H and O–H groups in total. The summed E-state index contributed by atoms with van der Waals surface area (Å²) in [6.07, 6.45) is 2.30. The highest BCUT2D eigenvalue weighted by Gasteiger charge is 2.25. The molecule has 1 fully saturated rings. The SMILES string of the molecule is Cc1nn(CCCC(=O)N2CC(C)CC(C)C2)c(=O)c2c1sc1ccccc12. The molecule has 1 aliphatic heterocycles. The zero-order valence-corrected chi connectivity index (χ0v) is 17.6. The van der Waals surface area contributed by atoms with Gasteiger partial charge in [0.25, 0.3) is 5.56 Å². The van der Waals surface area contributed by atoms with Crippen molar-refractivity contribution in [2.75, 3.05) is 13.1 Å². The maximum atomic E-state index is 13.0. The van der Waals surface area contributed by atoms with Gasteiger partial charge in [-0.25, -0.2) is 4.68 Å². The van der Waals surface area contributed by atoms with E-state index in [1.807, 2.05) is 36.1 Å². The van der Waals surface area contributed by atoms with Gasteiger partial charge >= 0.3 is 0 Å². The first-order valence-corrected chi connectivity index (χ1v) is 10.9. The number of nitrogens with zero attached hydrogens (tertiary/aromatic N) is 3. The fourth-order valence-electron chi connectivity index (χ4n) is 4.47. The Morgan fingerprint density at radius 2 is 1.93 bits per heavy atom. The van der Waals surface area contributed by atoms with E-state index in [1.165, 1.54) is 6.42 Å². The molecule has 3 heterocycles. The van der Waals surface area contributed by atoms with Crippen molar-refractivity contribution >= 4 is 37.4 Å². The van der Waals surface area contributed by atoms with Gasteiger partial charge in [-0.05, 0) is 37.7 Å². The summed E-state index contributed by atoms with van der Waals surface area (Å²) >= 11 is 1.62. The van der Waals surface area contributed by atoms with Gasteiger partial charge in [-0.15, -0.1) is 11.3 Å². The van der Waals surface area contributed by atoms with Crippen molar-refractivity contribution in [1.82, 2.24) is 14.7 Å². The Hall–Kier alpha value is -2.21. The number of carbonyl (C=O) groups is 1. The van der Waals surface area contributed by atoms with E-state index in [0.717, 1.165) is 39.0 Å². The first-order chi connectivity index (χ1) is 13.4. The zero-order valence-electron chi connectivity index (χ0n) is 16.8. The number of piperidine rings is 1. The number of carbonyl (C=O) groups excluding carboxylic acids is 1. The van der Waals surface area contributed by atoms with Crippen LogP contribution in [0.4, 0.5) is 0 Å². The maximum Gasteiger partial charge on any atom is 0.276 e. The van der Waals surface area contributed by atoms with Gasteiger partial charge in [-0.1, -0.05) is 32.0 Å². The summed E-state index contributed by atoms with van der Waals surface area (Å²) in [5.74, 6) is 1.33. The van der Waals surface area contributed by atoms with Crippen LogP contribution in [0, 0.1) is 18.8 Å². The molecule has 1 aromatic carbocycles. The minimum absolute atomic E-state index is 0.0503. The number of hydrogen-bond acceptors (Lipinski definition) is 4. The molecule has 3 aromatic rings. The average molecular weight is 398 g/mol. The number of thiophene rings is 1. The average Bonchev–Trinajstić information content (AvgIpc) is 3.05. The smallest absolute Gasteiger partial charge is 0.276 e. The summed E-state index contributed by atoms with van der Waals surface area (Å²) in [5.41, 5.74) is 0.825. The van der Waals surface area contributed by atoms with E-state index in [0.29, 0.717) is 31.2 Å². The topological polar surface area (TPSA) is 55.2 Å². The van der Waals surface area contributed by atoms with Crippen LogP contribution in [0.15, 0.2) is 29.1 Å². The van der Waals surface area contributed by atoms with E-state index in [1.54, 1.807) is 16.0 Å². The number of rotatable bonds is 4. The second-order valence-corrected chi connectivity index (χ2v) is 9.32. The van der Waals surface area contributed by atoms with Crippen molar-refractivity contribution in [2.24, 2.45) is 11.8 Å². The predicted octanol–water partition coefficient (Wildman–Crippen LogP) is 4.20. The molecule has 0 spiro atoms. The number of aryl methyl sites for hydroxylation is 2. The molecule has 0 aliphatic carbocycles. The van der Waals surface area contributed by atoms with Crippen LogP contribution < -0.4 is 5.56 Å². The summed E-state index contributed by atoms with van der Waals surface area (Å²) < 4.78 is 3.63. The molecule has 4 rings (SSSR count). The van der Waals surface area contributed by atoms with E-state index in [-0.39, 0.29) is 11.5 Å². The number of hydrogen-bond donors (Lipinski definition) is 0. The lowest BCUT2D eigenvalue weighted by Crippen LogP contribution is -2.42. The number of benzene rings is 1. The largest absolute Gasteiger partial charge is 0.342 e. The Labute approximate surface area is 169 Å². The Morgan fingerprint density at radius 1 is 1.21 bits per heavy atom. The monoisotopic (exact) mass is 397 g/mol. The normalized spacial score (nSPS) is 20.2. The van der Waals surface area contributed by atoms with Crippen molar-refractivity contribution in [3.8, 4) is 0 Å². The molecular weight excluding hydrogens is 370 g/mol. The Bertz CT molecular complexity index is 1070. The van der Waals surface area contributed by atoms with Crippen LogP contribution in [0.1, 0.15) is 38.8 Å². The highest BCUT2D eigenvalue weighted by atomic mass is 32.1. The molecule has 148 valence electrons. The molecule has 1 amide bonds. The fourth-order valence-corrected chi connectivity index (χ4v) is 5.60. The van der Waals surface area contributed by atoms with Crippen molar-refractivity contribution in [3.05, 3.63) is 40.3 Å². The molecule has 2 aromatic heterocycles. The van der Waals surface area contributed by atoms with Gasteiger partial charge < -0.3 is 4.90 Å². The van der Waals surface area contributed by atoms with Crippen LogP contribution in [0.2, 0.25) is 0 Å². The van der Waals surface area contributed by atoms with Crippen LogP contribution in [-0.4, -0.2) is 33.7 Å². The summed E-state index contributed by atoms with van der Waals surface area (Å²) in [6.45, 7) is 8.56. The summed E-state index contributed by atoms with van der Waals surface area (Å²) in [4.78, 5) is 27.6. The second kappa shape index (κ2) is 7.66. The van der Waals surface area contributed by atoms with Gasteiger partial charge in [-0.2, -0.15) is 5.10 Å². The molecule has 2 unspecified atom stereocenters. The van der Waals surface area contributed by atoms with Crippen LogP contribution in [0.25, 0.3) is 20.2 Å². The molecule has 2 atom stereocenters. The van der Waals surface area contributed by atoms with E-state index >= 15 is 0 Å². The van der Waals surface area contributed by atoms with Crippen molar-refractivity contribution < 1.29 is 4.79 Å². The van der Waals surface area contributed by atoms with E-state index in [2.05, 4.69) is 18.9 Å². The second-order valence-electron chi connectivity index (χ2n) is 8.26. The minimum atomic E-state index is -0.0503. The number of likely N-dealkylation sites (tertiary alicyclic amines) is 1. The van der Waals surface area contributed by atoms with Gasteiger partial charge in [0, 0.05) is 36.1 Å². The molecule has 6 heteroatoms. The highest BCUT2D eigenvalue weighted by Crippen LogP contribution is 2.32. The molecule has 0 radical (unpaired) electrons. The summed E-state index contributed by atoms with van der Waals surface area (Å²) in [7, 11) is 0. The third kappa shape index (κ3) is 3.58. The third-order valence-electron chi connectivity index (χ3n) is 5.63.